The topological polar surface area (TPSA) is 39.4 Å². The van der Waals surface area contributed by atoms with E-state index in [-0.39, 0.29) is 5.97 Å². The maximum absolute atomic E-state index is 11.1. The average molecular weight is 240 g/mol. The second kappa shape index (κ2) is 5.24. The molecule has 0 aliphatic carbocycles. The Balaban J connectivity index is 2.07. The van der Waals surface area contributed by atoms with E-state index in [0.29, 0.717) is 11.3 Å². The van der Waals surface area contributed by atoms with Crippen LogP contribution in [0.5, 0.6) is 0 Å². The summed E-state index contributed by atoms with van der Waals surface area (Å²) in [6.45, 7) is 3.62. The first-order valence-electron chi connectivity index (χ1n) is 5.48. The molecule has 1 aliphatic heterocycles. The third kappa shape index (κ3) is 3.02. The molecule has 3 nitrogen and oxygen atoms in total. The summed E-state index contributed by atoms with van der Waals surface area (Å²) in [5.74, 6) is 6.09. The first-order chi connectivity index (χ1) is 8.65. The largest absolute Gasteiger partial charge is 0.471 e. The van der Waals surface area contributed by atoms with Gasteiger partial charge in [-0.2, -0.15) is 0 Å². The summed E-state index contributed by atoms with van der Waals surface area (Å²) in [4.78, 5) is 11.1. The minimum absolute atomic E-state index is 0.293. The first kappa shape index (κ1) is 12.0. The van der Waals surface area contributed by atoms with Crippen LogP contribution in [0.2, 0.25) is 0 Å². The summed E-state index contributed by atoms with van der Waals surface area (Å²) in [5.41, 5.74) is 2.35. The third-order valence-corrected chi connectivity index (χ3v) is 2.30. The number of allylic oxidation sites excluding steroid dienone is 4. The number of rotatable bonds is 1. The molecule has 2 heterocycles. The summed E-state index contributed by atoms with van der Waals surface area (Å²) in [6.07, 6.45) is 8.41. The molecular formula is C15H12O3. The van der Waals surface area contributed by atoms with Gasteiger partial charge in [-0.1, -0.05) is 11.8 Å². The fourth-order valence-electron chi connectivity index (χ4n) is 1.40. The SMILES string of the molecule is CC(=CC#Cc1ccoc1)C=C1C=C(C)C(=O)O1. The first-order valence-corrected chi connectivity index (χ1v) is 5.48. The molecule has 2 rings (SSSR count). The number of carbonyl (C=O) groups excluding carboxylic acids is 1. The van der Waals surface area contributed by atoms with E-state index in [1.807, 2.05) is 6.92 Å². The zero-order valence-corrected chi connectivity index (χ0v) is 10.2. The van der Waals surface area contributed by atoms with Crippen LogP contribution in [-0.2, 0) is 9.53 Å². The van der Waals surface area contributed by atoms with Crippen LogP contribution in [-0.4, -0.2) is 5.97 Å². The quantitative estimate of drug-likeness (QED) is 0.559. The molecule has 0 bridgehead atoms. The van der Waals surface area contributed by atoms with E-state index >= 15 is 0 Å². The lowest BCUT2D eigenvalue weighted by molar-refractivity contribution is -0.133. The lowest BCUT2D eigenvalue weighted by Crippen LogP contribution is -1.94. The van der Waals surface area contributed by atoms with Crippen molar-refractivity contribution in [2.24, 2.45) is 0 Å². The number of cyclic esters (lactones) is 1. The van der Waals surface area contributed by atoms with Gasteiger partial charge in [0, 0.05) is 5.57 Å². The second-order valence-electron chi connectivity index (χ2n) is 3.93. The molecule has 0 radical (unpaired) electrons. The molecule has 0 saturated carbocycles. The smallest absolute Gasteiger partial charge is 0.339 e. The van der Waals surface area contributed by atoms with Crippen LogP contribution < -0.4 is 0 Å². The van der Waals surface area contributed by atoms with Crippen molar-refractivity contribution in [1.29, 1.82) is 0 Å². The fraction of sp³-hybridized carbons (Fsp3) is 0.133. The van der Waals surface area contributed by atoms with E-state index in [1.54, 1.807) is 43.7 Å². The van der Waals surface area contributed by atoms with E-state index in [9.17, 15) is 4.79 Å². The molecule has 0 amide bonds. The lowest BCUT2D eigenvalue weighted by atomic mass is 10.2. The number of esters is 1. The number of ether oxygens (including phenoxy) is 1. The number of hydrogen-bond donors (Lipinski definition) is 0. The van der Waals surface area contributed by atoms with Gasteiger partial charge in [-0.25, -0.2) is 4.79 Å². The van der Waals surface area contributed by atoms with E-state index < -0.39 is 0 Å². The van der Waals surface area contributed by atoms with Crippen molar-refractivity contribution < 1.29 is 13.9 Å². The van der Waals surface area contributed by atoms with Gasteiger partial charge in [0.25, 0.3) is 0 Å². The monoisotopic (exact) mass is 240 g/mol. The molecule has 90 valence electrons. The van der Waals surface area contributed by atoms with Crippen LogP contribution in [0.1, 0.15) is 19.4 Å². The highest BCUT2D eigenvalue weighted by Gasteiger charge is 2.16. The normalized spacial score (nSPS) is 17.2. The minimum Gasteiger partial charge on any atom is -0.471 e. The summed E-state index contributed by atoms with van der Waals surface area (Å²) < 4.78 is 9.92. The Bertz CT molecular complexity index is 602. The summed E-state index contributed by atoms with van der Waals surface area (Å²) >= 11 is 0. The van der Waals surface area contributed by atoms with Crippen LogP contribution in [0.3, 0.4) is 0 Å². The Morgan fingerprint density at radius 2 is 2.28 bits per heavy atom. The average Bonchev–Trinajstić information content (AvgIpc) is 2.90. The molecule has 0 spiro atoms. The summed E-state index contributed by atoms with van der Waals surface area (Å²) in [5, 5.41) is 0. The summed E-state index contributed by atoms with van der Waals surface area (Å²) in [6, 6.07) is 1.79. The Labute approximate surface area is 105 Å². The molecule has 1 aliphatic rings. The van der Waals surface area contributed by atoms with Gasteiger partial charge in [-0.05, 0) is 43.7 Å². The number of hydrogen-bond acceptors (Lipinski definition) is 3. The van der Waals surface area contributed by atoms with Gasteiger partial charge in [0.2, 0.25) is 0 Å². The van der Waals surface area contributed by atoms with Crippen molar-refractivity contribution in [2.75, 3.05) is 0 Å². The Kier molecular flexibility index (Phi) is 3.49. The zero-order chi connectivity index (χ0) is 13.0. The van der Waals surface area contributed by atoms with Crippen molar-refractivity contribution in [1.82, 2.24) is 0 Å². The van der Waals surface area contributed by atoms with Gasteiger partial charge >= 0.3 is 5.97 Å². The van der Waals surface area contributed by atoms with E-state index in [2.05, 4.69) is 11.8 Å². The maximum Gasteiger partial charge on any atom is 0.339 e. The molecule has 0 unspecified atom stereocenters. The van der Waals surface area contributed by atoms with Crippen molar-refractivity contribution >= 4 is 5.97 Å². The zero-order valence-electron chi connectivity index (χ0n) is 10.2. The number of carbonyl (C=O) groups is 1. The van der Waals surface area contributed by atoms with Gasteiger partial charge in [-0.3, -0.25) is 0 Å². The predicted molar refractivity (Wildman–Crippen MR) is 67.3 cm³/mol. The molecule has 1 aromatic rings. The van der Waals surface area contributed by atoms with Gasteiger partial charge in [0.05, 0.1) is 11.8 Å². The van der Waals surface area contributed by atoms with E-state index in [1.165, 1.54) is 0 Å². The van der Waals surface area contributed by atoms with E-state index in [0.717, 1.165) is 11.1 Å². The van der Waals surface area contributed by atoms with Crippen molar-refractivity contribution in [2.45, 2.75) is 13.8 Å². The van der Waals surface area contributed by atoms with Gasteiger partial charge in [-0.15, -0.1) is 0 Å². The molecule has 0 N–H and O–H groups in total. The van der Waals surface area contributed by atoms with Crippen molar-refractivity contribution in [3.8, 4) is 11.8 Å². The van der Waals surface area contributed by atoms with Crippen LogP contribution >= 0.6 is 0 Å². The van der Waals surface area contributed by atoms with E-state index in [4.69, 9.17) is 9.15 Å². The van der Waals surface area contributed by atoms with Crippen LogP contribution in [0.15, 0.2) is 58.1 Å². The standard InChI is InChI=1S/C15H12O3/c1-11(4-3-5-13-6-7-17-10-13)8-14-9-12(2)15(16)18-14/h4,6-10H,1-2H3. The molecule has 0 saturated heterocycles. The van der Waals surface area contributed by atoms with Gasteiger partial charge in [0.15, 0.2) is 0 Å². The molecule has 0 fully saturated rings. The van der Waals surface area contributed by atoms with Crippen LogP contribution in [0.4, 0.5) is 0 Å². The molecular weight excluding hydrogens is 228 g/mol. The van der Waals surface area contributed by atoms with Gasteiger partial charge in [0.1, 0.15) is 12.0 Å². The molecule has 18 heavy (non-hydrogen) atoms. The second-order valence-corrected chi connectivity index (χ2v) is 3.93. The van der Waals surface area contributed by atoms with Gasteiger partial charge < -0.3 is 9.15 Å². The predicted octanol–water partition coefficient (Wildman–Crippen LogP) is 2.96. The molecule has 0 aromatic carbocycles. The highest BCUT2D eigenvalue weighted by atomic mass is 16.5. The highest BCUT2D eigenvalue weighted by Crippen LogP contribution is 2.17. The van der Waals surface area contributed by atoms with Crippen LogP contribution in [0, 0.1) is 11.8 Å². The third-order valence-electron chi connectivity index (χ3n) is 2.30. The Morgan fingerprint density at radius 3 is 2.89 bits per heavy atom. The maximum atomic E-state index is 11.1. The molecule has 1 aromatic heterocycles. The van der Waals surface area contributed by atoms with Crippen molar-refractivity contribution in [3.63, 3.8) is 0 Å². The Hall–Kier alpha value is -2.47. The minimum atomic E-state index is -0.293. The van der Waals surface area contributed by atoms with Crippen molar-refractivity contribution in [3.05, 3.63) is 59.3 Å². The molecule has 0 atom stereocenters. The molecule has 3 heteroatoms. The Morgan fingerprint density at radius 1 is 1.44 bits per heavy atom. The summed E-state index contributed by atoms with van der Waals surface area (Å²) in [7, 11) is 0. The number of furan rings is 1. The fourth-order valence-corrected chi connectivity index (χ4v) is 1.40. The lowest BCUT2D eigenvalue weighted by Gasteiger charge is -1.94. The van der Waals surface area contributed by atoms with Crippen LogP contribution in [0.25, 0.3) is 0 Å². The highest BCUT2D eigenvalue weighted by molar-refractivity contribution is 5.92.